The molecule has 0 spiro atoms. The summed E-state index contributed by atoms with van der Waals surface area (Å²) >= 11 is 0. The zero-order valence-electron chi connectivity index (χ0n) is 24.0. The van der Waals surface area contributed by atoms with Gasteiger partial charge in [-0.25, -0.2) is 0 Å². The van der Waals surface area contributed by atoms with Crippen molar-refractivity contribution in [2.75, 3.05) is 19.5 Å². The number of hydrogen-bond donors (Lipinski definition) is 3. The molecule has 6 heteroatoms. The molecule has 1 aromatic rings. The molecule has 0 heterocycles. The third-order valence-corrected chi connectivity index (χ3v) is 11.9. The molecule has 4 fully saturated rings. The molecule has 4 saturated carbocycles. The van der Waals surface area contributed by atoms with Gasteiger partial charge in [0.05, 0.1) is 26.4 Å². The summed E-state index contributed by atoms with van der Waals surface area (Å²) in [5.41, 5.74) is 1.22. The fourth-order valence-corrected chi connectivity index (χ4v) is 9.87. The second-order valence-corrected chi connectivity index (χ2v) is 13.6. The van der Waals surface area contributed by atoms with Crippen LogP contribution in [0.1, 0.15) is 85.0 Å². The Bertz CT molecular complexity index is 1010. The predicted octanol–water partition coefficient (Wildman–Crippen LogP) is 6.05. The lowest BCUT2D eigenvalue weighted by molar-refractivity contribution is -0.174. The molecular formula is C32H49NO5. The van der Waals surface area contributed by atoms with Gasteiger partial charge in [-0.2, -0.15) is 0 Å². The van der Waals surface area contributed by atoms with E-state index >= 15 is 0 Å². The summed E-state index contributed by atoms with van der Waals surface area (Å²) in [6.07, 6.45) is 9.51. The zero-order chi connectivity index (χ0) is 27.2. The van der Waals surface area contributed by atoms with E-state index in [1.54, 1.807) is 20.3 Å². The van der Waals surface area contributed by atoms with E-state index < -0.39 is 0 Å². The molecule has 4 aliphatic rings. The summed E-state index contributed by atoms with van der Waals surface area (Å²) in [6.45, 7) is 7.31. The van der Waals surface area contributed by atoms with Crippen molar-refractivity contribution in [3.63, 3.8) is 0 Å². The van der Waals surface area contributed by atoms with E-state index in [0.29, 0.717) is 53.4 Å². The SMILES string of the molecule is COc1ccc(NC(=O)CC[C@@H](C)[C@@H]2CC[C@@H]3[C@H]4[C@@H](CC[C@@]32C)[C@@]2(C)CC[C@@H](O)C[C@@H]2C[C@@H]4O)cc1OC. The van der Waals surface area contributed by atoms with Crippen LogP contribution in [0.3, 0.4) is 0 Å². The maximum Gasteiger partial charge on any atom is 0.224 e. The van der Waals surface area contributed by atoms with Crippen LogP contribution < -0.4 is 14.8 Å². The van der Waals surface area contributed by atoms with Crippen molar-refractivity contribution in [2.45, 2.75) is 97.2 Å². The summed E-state index contributed by atoms with van der Waals surface area (Å²) in [5, 5.41) is 24.8. The van der Waals surface area contributed by atoms with E-state index in [1.165, 1.54) is 25.7 Å². The van der Waals surface area contributed by atoms with Crippen LogP contribution in [0.5, 0.6) is 11.5 Å². The number of nitrogens with one attached hydrogen (secondary N) is 1. The highest BCUT2D eigenvalue weighted by Gasteiger charge is 2.62. The Morgan fingerprint density at radius 2 is 1.71 bits per heavy atom. The smallest absolute Gasteiger partial charge is 0.224 e. The van der Waals surface area contributed by atoms with Gasteiger partial charge < -0.3 is 25.0 Å². The molecule has 0 radical (unpaired) electrons. The largest absolute Gasteiger partial charge is 0.493 e. The maximum absolute atomic E-state index is 12.8. The molecule has 10 atom stereocenters. The molecule has 0 aromatic heterocycles. The average Bonchev–Trinajstić information content (AvgIpc) is 3.25. The van der Waals surface area contributed by atoms with Crippen LogP contribution in [-0.2, 0) is 4.79 Å². The second kappa shape index (κ2) is 10.6. The normalized spacial score (nSPS) is 40.9. The molecule has 1 aromatic carbocycles. The van der Waals surface area contributed by atoms with Crippen molar-refractivity contribution in [2.24, 2.45) is 46.3 Å². The minimum Gasteiger partial charge on any atom is -0.493 e. The Labute approximate surface area is 228 Å². The first kappa shape index (κ1) is 27.8. The lowest BCUT2D eigenvalue weighted by atomic mass is 9.43. The number of aliphatic hydroxyl groups is 2. The van der Waals surface area contributed by atoms with E-state index in [1.807, 2.05) is 12.1 Å². The number of ether oxygens (including phenoxy) is 2. The summed E-state index contributed by atoms with van der Waals surface area (Å²) in [4.78, 5) is 12.8. The summed E-state index contributed by atoms with van der Waals surface area (Å²) in [6, 6.07) is 5.46. The Morgan fingerprint density at radius 3 is 2.45 bits per heavy atom. The fourth-order valence-electron chi connectivity index (χ4n) is 9.87. The van der Waals surface area contributed by atoms with Crippen LogP contribution >= 0.6 is 0 Å². The average molecular weight is 528 g/mol. The number of carbonyl (C=O) groups excluding carboxylic acids is 1. The monoisotopic (exact) mass is 527 g/mol. The van der Waals surface area contributed by atoms with Crippen molar-refractivity contribution in [3.05, 3.63) is 18.2 Å². The van der Waals surface area contributed by atoms with E-state index in [2.05, 4.69) is 26.1 Å². The molecule has 0 saturated heterocycles. The third-order valence-electron chi connectivity index (χ3n) is 11.9. The highest BCUT2D eigenvalue weighted by molar-refractivity contribution is 5.91. The molecular weight excluding hydrogens is 478 g/mol. The number of benzene rings is 1. The topological polar surface area (TPSA) is 88.0 Å². The first-order valence-electron chi connectivity index (χ1n) is 15.0. The van der Waals surface area contributed by atoms with E-state index in [4.69, 9.17) is 9.47 Å². The predicted molar refractivity (Wildman–Crippen MR) is 149 cm³/mol. The number of hydrogen-bond acceptors (Lipinski definition) is 5. The Morgan fingerprint density at radius 1 is 1.00 bits per heavy atom. The highest BCUT2D eigenvalue weighted by Crippen LogP contribution is 2.68. The van der Waals surface area contributed by atoms with Crippen LogP contribution in [-0.4, -0.2) is 42.5 Å². The van der Waals surface area contributed by atoms with Crippen molar-refractivity contribution in [1.29, 1.82) is 0 Å². The molecule has 3 N–H and O–H groups in total. The minimum atomic E-state index is -0.241. The van der Waals surface area contributed by atoms with E-state index in [9.17, 15) is 15.0 Å². The molecule has 1 amide bonds. The van der Waals surface area contributed by atoms with Gasteiger partial charge in [-0.15, -0.1) is 0 Å². The Kier molecular flexibility index (Phi) is 7.78. The first-order valence-corrected chi connectivity index (χ1v) is 15.0. The lowest BCUT2D eigenvalue weighted by Gasteiger charge is -2.62. The van der Waals surface area contributed by atoms with Gasteiger partial charge in [0.25, 0.3) is 0 Å². The molecule has 6 nitrogen and oxygen atoms in total. The van der Waals surface area contributed by atoms with Gasteiger partial charge in [-0.1, -0.05) is 20.8 Å². The molecule has 0 unspecified atom stereocenters. The van der Waals surface area contributed by atoms with Gasteiger partial charge in [0.2, 0.25) is 5.91 Å². The third kappa shape index (κ3) is 4.74. The number of aliphatic hydroxyl groups excluding tert-OH is 2. The summed E-state index contributed by atoms with van der Waals surface area (Å²) in [7, 11) is 3.20. The molecule has 4 aliphatic carbocycles. The van der Waals surface area contributed by atoms with Crippen molar-refractivity contribution in [1.82, 2.24) is 0 Å². The summed E-state index contributed by atoms with van der Waals surface area (Å²) in [5.74, 6) is 4.31. The first-order chi connectivity index (χ1) is 18.1. The minimum absolute atomic E-state index is 0.0358. The van der Waals surface area contributed by atoms with Crippen molar-refractivity contribution in [3.8, 4) is 11.5 Å². The van der Waals surface area contributed by atoms with Crippen LogP contribution in [0.15, 0.2) is 18.2 Å². The van der Waals surface area contributed by atoms with Gasteiger partial charge >= 0.3 is 0 Å². The number of amides is 1. The fraction of sp³-hybridized carbons (Fsp3) is 0.781. The van der Waals surface area contributed by atoms with Crippen LogP contribution in [0.25, 0.3) is 0 Å². The lowest BCUT2D eigenvalue weighted by Crippen LogP contribution is -2.58. The summed E-state index contributed by atoms with van der Waals surface area (Å²) < 4.78 is 10.7. The van der Waals surface area contributed by atoms with Crippen molar-refractivity contribution >= 4 is 11.6 Å². The van der Waals surface area contributed by atoms with Crippen LogP contribution in [0.4, 0.5) is 5.69 Å². The highest BCUT2D eigenvalue weighted by atomic mass is 16.5. The standard InChI is InChI=1S/C32H49NO5/c1-19(6-11-29(36)33-21-7-10-27(37-4)28(18-21)38-5)23-8-9-24-30-25(13-15-32(23,24)3)31(2)14-12-22(34)16-20(31)17-26(30)35/h7,10,18-20,22-26,30,34-35H,6,8-9,11-17H2,1-5H3,(H,33,36)/t19-,20-,22-,23+,24-,25-,26+,30+,31+,32-/m1/s1. The number of methoxy groups -OCH3 is 2. The molecule has 212 valence electrons. The quantitative estimate of drug-likeness (QED) is 0.402. The van der Waals surface area contributed by atoms with E-state index in [-0.39, 0.29) is 28.9 Å². The van der Waals surface area contributed by atoms with Gasteiger partial charge in [0.15, 0.2) is 11.5 Å². The molecule has 0 aliphatic heterocycles. The number of carbonyl (C=O) groups is 1. The number of anilines is 1. The van der Waals surface area contributed by atoms with Gasteiger partial charge in [-0.05, 0) is 116 Å². The van der Waals surface area contributed by atoms with Crippen LogP contribution in [0.2, 0.25) is 0 Å². The van der Waals surface area contributed by atoms with Crippen LogP contribution in [0, 0.1) is 46.3 Å². The van der Waals surface area contributed by atoms with Crippen molar-refractivity contribution < 1.29 is 24.5 Å². The molecule has 5 rings (SSSR count). The van der Waals surface area contributed by atoms with Gasteiger partial charge in [0.1, 0.15) is 0 Å². The maximum atomic E-state index is 12.8. The number of rotatable bonds is 7. The van der Waals surface area contributed by atoms with E-state index in [0.717, 1.165) is 37.8 Å². The zero-order valence-corrected chi connectivity index (χ0v) is 24.0. The van der Waals surface area contributed by atoms with Gasteiger partial charge in [0, 0.05) is 18.2 Å². The molecule has 38 heavy (non-hydrogen) atoms. The second-order valence-electron chi connectivity index (χ2n) is 13.6. The Hall–Kier alpha value is -1.79. The molecule has 0 bridgehead atoms. The number of fused-ring (bicyclic) bond motifs is 5. The van der Waals surface area contributed by atoms with Gasteiger partial charge in [-0.3, -0.25) is 4.79 Å². The Balaban J connectivity index is 1.22.